The van der Waals surface area contributed by atoms with Crippen LogP contribution >= 0.6 is 0 Å². The van der Waals surface area contributed by atoms with Gasteiger partial charge in [-0.3, -0.25) is 4.79 Å². The number of hydrogen-bond acceptors (Lipinski definition) is 3. The molecule has 0 aromatic heterocycles. The second-order valence-electron chi connectivity index (χ2n) is 8.63. The minimum Gasteiger partial charge on any atom is -0.504 e. The SMILES string of the molecule is CCOc1ccc(C(=O)CC2CCC(C3CCC(C)CC3)CC2)c(O)c1F. The van der Waals surface area contributed by atoms with Crippen LogP contribution in [0.5, 0.6) is 11.5 Å². The quantitative estimate of drug-likeness (QED) is 0.607. The van der Waals surface area contributed by atoms with Gasteiger partial charge in [-0.25, -0.2) is 0 Å². The van der Waals surface area contributed by atoms with Gasteiger partial charge in [0.2, 0.25) is 5.82 Å². The lowest BCUT2D eigenvalue weighted by molar-refractivity contribution is 0.0918. The van der Waals surface area contributed by atoms with Gasteiger partial charge in [0.15, 0.2) is 17.3 Å². The average Bonchev–Trinajstić information content (AvgIpc) is 2.67. The zero-order valence-corrected chi connectivity index (χ0v) is 16.7. The van der Waals surface area contributed by atoms with E-state index in [2.05, 4.69) is 6.92 Å². The summed E-state index contributed by atoms with van der Waals surface area (Å²) in [6.45, 7) is 4.42. The minimum absolute atomic E-state index is 0.00569. The lowest BCUT2D eigenvalue weighted by Gasteiger charge is -2.37. The summed E-state index contributed by atoms with van der Waals surface area (Å²) >= 11 is 0. The third-order valence-corrected chi connectivity index (χ3v) is 6.77. The molecule has 0 heterocycles. The van der Waals surface area contributed by atoms with Crippen LogP contribution in [0.1, 0.15) is 82.0 Å². The highest BCUT2D eigenvalue weighted by Crippen LogP contribution is 2.42. The second kappa shape index (κ2) is 9.07. The van der Waals surface area contributed by atoms with E-state index < -0.39 is 11.6 Å². The smallest absolute Gasteiger partial charge is 0.207 e. The Morgan fingerprint density at radius 1 is 1.07 bits per heavy atom. The molecule has 2 aliphatic carbocycles. The van der Waals surface area contributed by atoms with E-state index in [-0.39, 0.29) is 17.1 Å². The number of halogens is 1. The number of carbonyl (C=O) groups excluding carboxylic acids is 1. The Labute approximate surface area is 162 Å². The van der Waals surface area contributed by atoms with Gasteiger partial charge in [0.1, 0.15) is 0 Å². The van der Waals surface area contributed by atoms with Gasteiger partial charge in [-0.15, -0.1) is 0 Å². The lowest BCUT2D eigenvalue weighted by atomic mass is 9.69. The van der Waals surface area contributed by atoms with Gasteiger partial charge in [0.25, 0.3) is 0 Å². The van der Waals surface area contributed by atoms with Crippen LogP contribution in [0.15, 0.2) is 12.1 Å². The normalized spacial score (nSPS) is 28.7. The molecule has 3 rings (SSSR count). The molecule has 0 aliphatic heterocycles. The number of aromatic hydroxyl groups is 1. The molecule has 2 fully saturated rings. The molecular formula is C23H33FO3. The van der Waals surface area contributed by atoms with Crippen molar-refractivity contribution >= 4 is 5.78 Å². The van der Waals surface area contributed by atoms with Crippen molar-refractivity contribution in [1.82, 2.24) is 0 Å². The van der Waals surface area contributed by atoms with Crippen LogP contribution < -0.4 is 4.74 Å². The molecule has 0 saturated heterocycles. The zero-order chi connectivity index (χ0) is 19.4. The molecule has 27 heavy (non-hydrogen) atoms. The van der Waals surface area contributed by atoms with Crippen molar-refractivity contribution < 1.29 is 19.0 Å². The van der Waals surface area contributed by atoms with Crippen molar-refractivity contribution in [2.45, 2.75) is 71.6 Å². The van der Waals surface area contributed by atoms with E-state index in [1.54, 1.807) is 6.92 Å². The predicted molar refractivity (Wildman–Crippen MR) is 105 cm³/mol. The molecule has 0 spiro atoms. The first-order valence-corrected chi connectivity index (χ1v) is 10.7. The Morgan fingerprint density at radius 3 is 2.26 bits per heavy atom. The molecular weight excluding hydrogens is 343 g/mol. The van der Waals surface area contributed by atoms with E-state index >= 15 is 0 Å². The highest BCUT2D eigenvalue weighted by Gasteiger charge is 2.31. The van der Waals surface area contributed by atoms with Crippen molar-refractivity contribution in [1.29, 1.82) is 0 Å². The topological polar surface area (TPSA) is 46.5 Å². The molecule has 0 unspecified atom stereocenters. The molecule has 0 bridgehead atoms. The number of Topliss-reactive ketones (excluding diaryl/α,β-unsaturated/α-hetero) is 1. The lowest BCUT2D eigenvalue weighted by Crippen LogP contribution is -2.26. The number of phenols is 1. The maximum absolute atomic E-state index is 14.1. The monoisotopic (exact) mass is 376 g/mol. The van der Waals surface area contributed by atoms with Crippen LogP contribution in [0.25, 0.3) is 0 Å². The van der Waals surface area contributed by atoms with Crippen LogP contribution in [0.2, 0.25) is 0 Å². The summed E-state index contributed by atoms with van der Waals surface area (Å²) in [5, 5.41) is 10.1. The third kappa shape index (κ3) is 4.83. The number of phenolic OH excluding ortho intramolecular Hbond substituents is 1. The number of benzene rings is 1. The number of rotatable bonds is 6. The third-order valence-electron chi connectivity index (χ3n) is 6.77. The van der Waals surface area contributed by atoms with Crippen LogP contribution in [0.3, 0.4) is 0 Å². The summed E-state index contributed by atoms with van der Waals surface area (Å²) in [6, 6.07) is 2.92. The van der Waals surface area contributed by atoms with E-state index in [0.29, 0.717) is 18.9 Å². The Morgan fingerprint density at radius 2 is 1.67 bits per heavy atom. The molecule has 2 saturated carbocycles. The first-order valence-electron chi connectivity index (χ1n) is 10.7. The van der Waals surface area contributed by atoms with Crippen molar-refractivity contribution in [3.05, 3.63) is 23.5 Å². The summed E-state index contributed by atoms with van der Waals surface area (Å²) in [7, 11) is 0. The molecule has 3 nitrogen and oxygen atoms in total. The molecule has 150 valence electrons. The number of carbonyl (C=O) groups is 1. The molecule has 0 atom stereocenters. The number of hydrogen-bond donors (Lipinski definition) is 1. The van der Waals surface area contributed by atoms with Gasteiger partial charge < -0.3 is 9.84 Å². The Kier molecular flexibility index (Phi) is 6.78. The molecule has 1 N–H and O–H groups in total. The maximum atomic E-state index is 14.1. The first-order chi connectivity index (χ1) is 13.0. The van der Waals surface area contributed by atoms with E-state index in [4.69, 9.17) is 4.74 Å². The van der Waals surface area contributed by atoms with Crippen LogP contribution in [-0.2, 0) is 0 Å². The predicted octanol–water partition coefficient (Wildman–Crippen LogP) is 6.14. The van der Waals surface area contributed by atoms with Crippen LogP contribution in [0.4, 0.5) is 4.39 Å². The van der Waals surface area contributed by atoms with Crippen molar-refractivity contribution in [2.75, 3.05) is 6.61 Å². The average molecular weight is 377 g/mol. The fourth-order valence-electron chi connectivity index (χ4n) is 5.03. The highest BCUT2D eigenvalue weighted by atomic mass is 19.1. The van der Waals surface area contributed by atoms with Gasteiger partial charge in [-0.05, 0) is 81.3 Å². The van der Waals surface area contributed by atoms with Crippen molar-refractivity contribution in [3.63, 3.8) is 0 Å². The van der Waals surface area contributed by atoms with Gasteiger partial charge in [-0.2, -0.15) is 4.39 Å². The zero-order valence-electron chi connectivity index (χ0n) is 16.7. The Bertz CT molecular complexity index is 641. The Hall–Kier alpha value is -1.58. The fraction of sp³-hybridized carbons (Fsp3) is 0.696. The van der Waals surface area contributed by atoms with Gasteiger partial charge in [-0.1, -0.05) is 19.8 Å². The molecule has 1 aromatic rings. The molecule has 4 heteroatoms. The summed E-state index contributed by atoms with van der Waals surface area (Å²) in [5.74, 6) is 1.36. The molecule has 0 amide bonds. The van der Waals surface area contributed by atoms with Crippen LogP contribution in [0, 0.1) is 29.5 Å². The molecule has 0 radical (unpaired) electrons. The largest absolute Gasteiger partial charge is 0.504 e. The van der Waals surface area contributed by atoms with Gasteiger partial charge in [0, 0.05) is 6.42 Å². The molecule has 1 aromatic carbocycles. The van der Waals surface area contributed by atoms with Crippen molar-refractivity contribution in [2.24, 2.45) is 23.7 Å². The minimum atomic E-state index is -0.835. The van der Waals surface area contributed by atoms with E-state index in [9.17, 15) is 14.3 Å². The second-order valence-corrected chi connectivity index (χ2v) is 8.63. The standard InChI is InChI=1S/C23H33FO3/c1-3-27-21-13-12-19(23(26)22(21)24)20(25)14-16-6-10-18(11-7-16)17-8-4-15(2)5-9-17/h12-13,15-18,26H,3-11,14H2,1-2H3. The van der Waals surface area contributed by atoms with E-state index in [1.807, 2.05) is 0 Å². The summed E-state index contributed by atoms with van der Waals surface area (Å²) in [6.07, 6.45) is 10.4. The number of ketones is 1. The van der Waals surface area contributed by atoms with E-state index in [1.165, 1.54) is 50.7 Å². The van der Waals surface area contributed by atoms with Gasteiger partial charge >= 0.3 is 0 Å². The highest BCUT2D eigenvalue weighted by molar-refractivity contribution is 5.99. The van der Waals surface area contributed by atoms with E-state index in [0.717, 1.165) is 30.6 Å². The summed E-state index contributed by atoms with van der Waals surface area (Å²) in [4.78, 5) is 12.6. The Balaban J connectivity index is 1.53. The van der Waals surface area contributed by atoms with Crippen molar-refractivity contribution in [3.8, 4) is 11.5 Å². The first kappa shape index (κ1) is 20.2. The summed E-state index contributed by atoms with van der Waals surface area (Å²) < 4.78 is 19.3. The molecule has 2 aliphatic rings. The fourth-order valence-corrected chi connectivity index (χ4v) is 5.03. The van der Waals surface area contributed by atoms with Crippen LogP contribution in [-0.4, -0.2) is 17.5 Å². The number of ether oxygens (including phenoxy) is 1. The van der Waals surface area contributed by atoms with Gasteiger partial charge in [0.05, 0.1) is 12.2 Å². The maximum Gasteiger partial charge on any atom is 0.207 e. The summed E-state index contributed by atoms with van der Waals surface area (Å²) in [5.41, 5.74) is 0.0827.